The largest absolute Gasteiger partial charge is 0.455 e. The summed E-state index contributed by atoms with van der Waals surface area (Å²) in [6, 6.07) is 19.5. The lowest BCUT2D eigenvalue weighted by atomic mass is 10.2. The molecule has 148 valence electrons. The number of nitrogens with one attached hydrogen (secondary N) is 2. The molecule has 0 aliphatic rings. The first kappa shape index (κ1) is 20.1. The summed E-state index contributed by atoms with van der Waals surface area (Å²) in [5.41, 5.74) is 1.07. The van der Waals surface area contributed by atoms with Crippen molar-refractivity contribution in [2.24, 2.45) is 0 Å². The quantitative estimate of drug-likeness (QED) is 0.549. The van der Waals surface area contributed by atoms with Crippen LogP contribution in [0.5, 0.6) is 11.5 Å². The number of amides is 2. The number of carbonyl (C=O) groups excluding carboxylic acids is 2. The van der Waals surface area contributed by atoms with Gasteiger partial charge in [-0.15, -0.1) is 0 Å². The van der Waals surface area contributed by atoms with Crippen molar-refractivity contribution in [3.05, 3.63) is 84.2 Å². The van der Waals surface area contributed by atoms with Gasteiger partial charge in [0.15, 0.2) is 5.75 Å². The van der Waals surface area contributed by atoms with E-state index < -0.39 is 5.91 Å². The lowest BCUT2D eigenvalue weighted by Crippen LogP contribution is -2.25. The van der Waals surface area contributed by atoms with E-state index in [4.69, 9.17) is 4.74 Å². The van der Waals surface area contributed by atoms with Gasteiger partial charge in [0.1, 0.15) is 11.4 Å². The monoisotopic (exact) mass is 389 g/mol. The molecule has 29 heavy (non-hydrogen) atoms. The van der Waals surface area contributed by atoms with E-state index in [2.05, 4.69) is 22.5 Å². The highest BCUT2D eigenvalue weighted by Crippen LogP contribution is 2.29. The summed E-state index contributed by atoms with van der Waals surface area (Å²) in [7, 11) is 0. The number of aromatic nitrogens is 1. The highest BCUT2D eigenvalue weighted by atomic mass is 16.5. The van der Waals surface area contributed by atoms with Gasteiger partial charge in [0.25, 0.3) is 11.8 Å². The van der Waals surface area contributed by atoms with Crippen LogP contribution >= 0.6 is 0 Å². The molecule has 1 heterocycles. The van der Waals surface area contributed by atoms with Gasteiger partial charge in [0.2, 0.25) is 0 Å². The second kappa shape index (κ2) is 10.0. The Kier molecular flexibility index (Phi) is 6.95. The molecule has 0 unspecified atom stereocenters. The Morgan fingerprint density at radius 3 is 2.52 bits per heavy atom. The lowest BCUT2D eigenvalue weighted by molar-refractivity contribution is 0.0953. The summed E-state index contributed by atoms with van der Waals surface area (Å²) < 4.78 is 5.86. The zero-order chi connectivity index (χ0) is 20.5. The van der Waals surface area contributed by atoms with Crippen LogP contribution in [0.15, 0.2) is 72.9 Å². The van der Waals surface area contributed by atoms with Crippen molar-refractivity contribution in [2.45, 2.75) is 19.8 Å². The van der Waals surface area contributed by atoms with Crippen LogP contribution in [0.2, 0.25) is 0 Å². The van der Waals surface area contributed by atoms with Crippen LogP contribution in [-0.2, 0) is 0 Å². The average molecular weight is 389 g/mol. The van der Waals surface area contributed by atoms with Crippen molar-refractivity contribution in [3.63, 3.8) is 0 Å². The molecule has 2 aromatic carbocycles. The Morgan fingerprint density at radius 2 is 1.72 bits per heavy atom. The molecule has 0 saturated heterocycles. The van der Waals surface area contributed by atoms with Gasteiger partial charge in [-0.2, -0.15) is 0 Å². The van der Waals surface area contributed by atoms with Gasteiger partial charge in [0.05, 0.1) is 5.69 Å². The number of hydrogen-bond donors (Lipinski definition) is 2. The molecule has 2 N–H and O–H groups in total. The van der Waals surface area contributed by atoms with Gasteiger partial charge >= 0.3 is 0 Å². The third-order valence-corrected chi connectivity index (χ3v) is 4.18. The van der Waals surface area contributed by atoms with Crippen LogP contribution in [0.4, 0.5) is 5.69 Å². The number of nitrogens with zero attached hydrogens (tertiary/aromatic N) is 1. The Labute approximate surface area is 169 Å². The molecule has 0 spiro atoms. The van der Waals surface area contributed by atoms with Gasteiger partial charge in [-0.1, -0.05) is 43.7 Å². The Bertz CT molecular complexity index is 974. The molecular formula is C23H23N3O3. The molecule has 2 amide bonds. The van der Waals surface area contributed by atoms with E-state index in [9.17, 15) is 9.59 Å². The number of anilines is 1. The maximum absolute atomic E-state index is 12.7. The van der Waals surface area contributed by atoms with E-state index in [-0.39, 0.29) is 11.6 Å². The summed E-state index contributed by atoms with van der Waals surface area (Å²) in [6.07, 6.45) is 3.35. The van der Waals surface area contributed by atoms with Crippen molar-refractivity contribution in [1.82, 2.24) is 10.3 Å². The third kappa shape index (κ3) is 5.65. The van der Waals surface area contributed by atoms with E-state index in [0.717, 1.165) is 12.8 Å². The van der Waals surface area contributed by atoms with E-state index in [1.807, 2.05) is 36.4 Å². The second-order valence-corrected chi connectivity index (χ2v) is 6.40. The van der Waals surface area contributed by atoms with Gasteiger partial charge < -0.3 is 15.4 Å². The van der Waals surface area contributed by atoms with Crippen LogP contribution in [0.25, 0.3) is 0 Å². The normalized spacial score (nSPS) is 10.2. The lowest BCUT2D eigenvalue weighted by Gasteiger charge is -2.12. The van der Waals surface area contributed by atoms with E-state index in [1.165, 1.54) is 12.3 Å². The SMILES string of the molecule is CCCCNC(=O)c1ccnc(C(=O)Nc2ccccc2Oc2ccccc2)c1. The van der Waals surface area contributed by atoms with E-state index in [1.54, 1.807) is 24.3 Å². The molecule has 1 aromatic heterocycles. The fraction of sp³-hybridized carbons (Fsp3) is 0.174. The van der Waals surface area contributed by atoms with Gasteiger partial charge in [-0.3, -0.25) is 14.6 Å². The van der Waals surface area contributed by atoms with Crippen molar-refractivity contribution in [1.29, 1.82) is 0 Å². The third-order valence-electron chi connectivity index (χ3n) is 4.18. The Morgan fingerprint density at radius 1 is 0.966 bits per heavy atom. The molecule has 0 radical (unpaired) electrons. The predicted octanol–water partition coefficient (Wildman–Crippen LogP) is 4.66. The first-order valence-electron chi connectivity index (χ1n) is 9.55. The number of benzene rings is 2. The molecule has 0 fully saturated rings. The number of carbonyl (C=O) groups is 2. The van der Waals surface area contributed by atoms with Crippen LogP contribution in [0.3, 0.4) is 0 Å². The van der Waals surface area contributed by atoms with Crippen LogP contribution < -0.4 is 15.4 Å². The summed E-state index contributed by atoms with van der Waals surface area (Å²) in [6.45, 7) is 2.66. The molecule has 0 aliphatic heterocycles. The zero-order valence-electron chi connectivity index (χ0n) is 16.2. The van der Waals surface area contributed by atoms with Crippen molar-refractivity contribution >= 4 is 17.5 Å². The molecular weight excluding hydrogens is 366 g/mol. The average Bonchev–Trinajstić information content (AvgIpc) is 2.76. The van der Waals surface area contributed by atoms with Crippen molar-refractivity contribution in [2.75, 3.05) is 11.9 Å². The minimum absolute atomic E-state index is 0.155. The van der Waals surface area contributed by atoms with Crippen LogP contribution in [0.1, 0.15) is 40.6 Å². The van der Waals surface area contributed by atoms with Gasteiger partial charge in [-0.05, 0) is 42.8 Å². The maximum atomic E-state index is 12.7. The standard InChI is InChI=1S/C23H23N3O3/c1-2-3-14-25-22(27)17-13-15-24-20(16-17)23(28)26-19-11-7-8-12-21(19)29-18-9-5-4-6-10-18/h4-13,15-16H,2-3,14H2,1H3,(H,25,27)(H,26,28). The number of rotatable bonds is 8. The smallest absolute Gasteiger partial charge is 0.274 e. The minimum atomic E-state index is -0.419. The second-order valence-electron chi connectivity index (χ2n) is 6.40. The molecule has 0 saturated carbocycles. The molecule has 0 atom stereocenters. The van der Waals surface area contributed by atoms with Gasteiger partial charge in [-0.25, -0.2) is 0 Å². The zero-order valence-corrected chi connectivity index (χ0v) is 16.2. The highest BCUT2D eigenvalue weighted by molar-refractivity contribution is 6.05. The number of ether oxygens (including phenoxy) is 1. The molecule has 0 bridgehead atoms. The van der Waals surface area contributed by atoms with E-state index in [0.29, 0.717) is 29.3 Å². The maximum Gasteiger partial charge on any atom is 0.274 e. The predicted molar refractivity (Wildman–Crippen MR) is 112 cm³/mol. The summed E-state index contributed by atoms with van der Waals surface area (Å²) >= 11 is 0. The topological polar surface area (TPSA) is 80.3 Å². The Balaban J connectivity index is 1.72. The number of unbranched alkanes of at least 4 members (excludes halogenated alkanes) is 1. The highest BCUT2D eigenvalue weighted by Gasteiger charge is 2.14. The van der Waals surface area contributed by atoms with Gasteiger partial charge in [0, 0.05) is 18.3 Å². The minimum Gasteiger partial charge on any atom is -0.455 e. The number of para-hydroxylation sites is 3. The summed E-state index contributed by atoms with van der Waals surface area (Å²) in [5, 5.41) is 5.64. The first-order chi connectivity index (χ1) is 14.2. The Hall–Kier alpha value is -3.67. The molecule has 3 rings (SSSR count). The number of hydrogen-bond acceptors (Lipinski definition) is 4. The molecule has 0 aliphatic carbocycles. The molecule has 3 aromatic rings. The summed E-state index contributed by atoms with van der Waals surface area (Å²) in [5.74, 6) is 0.540. The van der Waals surface area contributed by atoms with E-state index >= 15 is 0 Å². The van der Waals surface area contributed by atoms with Crippen molar-refractivity contribution < 1.29 is 14.3 Å². The van der Waals surface area contributed by atoms with Crippen LogP contribution in [-0.4, -0.2) is 23.3 Å². The fourth-order valence-electron chi connectivity index (χ4n) is 2.64. The molecule has 6 heteroatoms. The van der Waals surface area contributed by atoms with Crippen LogP contribution in [0, 0.1) is 0 Å². The number of pyridine rings is 1. The molecule has 6 nitrogen and oxygen atoms in total. The summed E-state index contributed by atoms with van der Waals surface area (Å²) in [4.78, 5) is 29.0. The van der Waals surface area contributed by atoms with Crippen molar-refractivity contribution in [3.8, 4) is 11.5 Å². The fourth-order valence-corrected chi connectivity index (χ4v) is 2.64. The first-order valence-corrected chi connectivity index (χ1v) is 9.55.